The number of halogens is 1. The van der Waals surface area contributed by atoms with Gasteiger partial charge in [0, 0.05) is 24.7 Å². The largest absolute Gasteiger partial charge is 0.377 e. The third kappa shape index (κ3) is 3.93. The van der Waals surface area contributed by atoms with E-state index in [0.29, 0.717) is 23.7 Å². The van der Waals surface area contributed by atoms with Crippen molar-refractivity contribution in [2.45, 2.75) is 36.8 Å². The molecule has 0 aliphatic carbocycles. The van der Waals surface area contributed by atoms with Crippen LogP contribution in [0.4, 0.5) is 0 Å². The van der Waals surface area contributed by atoms with Gasteiger partial charge in [-0.25, -0.2) is 13.1 Å². The summed E-state index contributed by atoms with van der Waals surface area (Å²) >= 11 is 5.93. The molecule has 1 atom stereocenters. The first-order chi connectivity index (χ1) is 9.53. The number of sulfonamides is 1. The maximum atomic E-state index is 12.2. The average molecular weight is 319 g/mol. The minimum absolute atomic E-state index is 0.0418. The molecule has 112 valence electrons. The van der Waals surface area contributed by atoms with Gasteiger partial charge < -0.3 is 10.5 Å². The van der Waals surface area contributed by atoms with E-state index in [2.05, 4.69) is 4.72 Å². The standard InChI is InChI=1S/C13H19ClN2O3S/c14-13-5-4-12(7-10(13)8-15)20(17,18)16-9-11-3-1-2-6-19-11/h4-5,7,11,16H,1-3,6,8-9,15H2. The van der Waals surface area contributed by atoms with E-state index in [0.717, 1.165) is 19.3 Å². The van der Waals surface area contributed by atoms with Crippen LogP contribution >= 0.6 is 11.6 Å². The van der Waals surface area contributed by atoms with Gasteiger partial charge in [0.15, 0.2) is 0 Å². The van der Waals surface area contributed by atoms with Gasteiger partial charge in [0.25, 0.3) is 0 Å². The van der Waals surface area contributed by atoms with Crippen molar-refractivity contribution in [3.05, 3.63) is 28.8 Å². The molecule has 1 aliphatic rings. The van der Waals surface area contributed by atoms with Crippen molar-refractivity contribution >= 4 is 21.6 Å². The third-order valence-electron chi connectivity index (χ3n) is 3.32. The third-order valence-corrected chi connectivity index (χ3v) is 5.11. The molecule has 5 nitrogen and oxygen atoms in total. The summed E-state index contributed by atoms with van der Waals surface area (Å²) in [5.41, 5.74) is 6.15. The molecule has 1 aromatic carbocycles. The number of nitrogens with one attached hydrogen (secondary N) is 1. The highest BCUT2D eigenvalue weighted by molar-refractivity contribution is 7.89. The van der Waals surface area contributed by atoms with Gasteiger partial charge >= 0.3 is 0 Å². The van der Waals surface area contributed by atoms with Crippen molar-refractivity contribution in [2.24, 2.45) is 5.73 Å². The quantitative estimate of drug-likeness (QED) is 0.865. The monoisotopic (exact) mass is 318 g/mol. The molecule has 1 aromatic rings. The molecule has 1 fully saturated rings. The lowest BCUT2D eigenvalue weighted by Gasteiger charge is -2.22. The van der Waals surface area contributed by atoms with E-state index in [9.17, 15) is 8.42 Å². The summed E-state index contributed by atoms with van der Waals surface area (Å²) in [6.07, 6.45) is 2.96. The first-order valence-corrected chi connectivity index (χ1v) is 8.49. The van der Waals surface area contributed by atoms with Crippen LogP contribution in [-0.2, 0) is 21.3 Å². The molecule has 20 heavy (non-hydrogen) atoms. The predicted octanol–water partition coefficient (Wildman–Crippen LogP) is 1.65. The molecule has 1 aliphatic heterocycles. The molecule has 0 spiro atoms. The fraction of sp³-hybridized carbons (Fsp3) is 0.538. The van der Waals surface area contributed by atoms with Gasteiger partial charge in [0.05, 0.1) is 11.0 Å². The van der Waals surface area contributed by atoms with E-state index in [1.54, 1.807) is 6.07 Å². The maximum absolute atomic E-state index is 12.2. The number of hydrogen-bond donors (Lipinski definition) is 2. The number of rotatable bonds is 5. The maximum Gasteiger partial charge on any atom is 0.240 e. The molecule has 2 rings (SSSR count). The highest BCUT2D eigenvalue weighted by atomic mass is 35.5. The van der Waals surface area contributed by atoms with Crippen LogP contribution in [0.25, 0.3) is 0 Å². The molecule has 1 unspecified atom stereocenters. The highest BCUT2D eigenvalue weighted by Crippen LogP contribution is 2.20. The number of ether oxygens (including phenoxy) is 1. The zero-order valence-electron chi connectivity index (χ0n) is 11.1. The first kappa shape index (κ1) is 15.7. The lowest BCUT2D eigenvalue weighted by molar-refractivity contribution is 0.0200. The summed E-state index contributed by atoms with van der Waals surface area (Å²) in [4.78, 5) is 0.179. The van der Waals surface area contributed by atoms with Gasteiger partial charge in [-0.15, -0.1) is 0 Å². The highest BCUT2D eigenvalue weighted by Gasteiger charge is 2.19. The Kier molecular flexibility index (Phi) is 5.40. The summed E-state index contributed by atoms with van der Waals surface area (Å²) < 4.78 is 32.5. The first-order valence-electron chi connectivity index (χ1n) is 6.62. The van der Waals surface area contributed by atoms with Crippen LogP contribution in [0.2, 0.25) is 5.02 Å². The van der Waals surface area contributed by atoms with Crippen LogP contribution in [0.5, 0.6) is 0 Å². The molecule has 1 heterocycles. The van der Waals surface area contributed by atoms with Crippen molar-refractivity contribution in [1.82, 2.24) is 4.72 Å². The number of benzene rings is 1. The SMILES string of the molecule is NCc1cc(S(=O)(=O)NCC2CCCCO2)ccc1Cl. The van der Waals surface area contributed by atoms with Crippen molar-refractivity contribution in [3.8, 4) is 0 Å². The Balaban J connectivity index is 2.05. The molecule has 7 heteroatoms. The van der Waals surface area contributed by atoms with Crippen molar-refractivity contribution in [3.63, 3.8) is 0 Å². The zero-order valence-corrected chi connectivity index (χ0v) is 12.7. The van der Waals surface area contributed by atoms with Crippen LogP contribution in [0.3, 0.4) is 0 Å². The molecule has 0 aromatic heterocycles. The van der Waals surface area contributed by atoms with E-state index in [1.807, 2.05) is 0 Å². The van der Waals surface area contributed by atoms with Crippen LogP contribution in [-0.4, -0.2) is 27.7 Å². The summed E-state index contributed by atoms with van der Waals surface area (Å²) in [5.74, 6) is 0. The number of nitrogens with two attached hydrogens (primary N) is 1. The molecule has 0 bridgehead atoms. The average Bonchev–Trinajstić information content (AvgIpc) is 2.46. The summed E-state index contributed by atoms with van der Waals surface area (Å²) in [6, 6.07) is 4.54. The molecule has 0 saturated carbocycles. The minimum Gasteiger partial charge on any atom is -0.377 e. The lowest BCUT2D eigenvalue weighted by Crippen LogP contribution is -2.35. The Morgan fingerprint density at radius 1 is 1.40 bits per heavy atom. The second-order valence-corrected chi connectivity index (χ2v) is 6.97. The van der Waals surface area contributed by atoms with Gasteiger partial charge in [0.1, 0.15) is 0 Å². The van der Waals surface area contributed by atoms with Crippen molar-refractivity contribution < 1.29 is 13.2 Å². The Bertz CT molecular complexity index is 557. The van der Waals surface area contributed by atoms with Gasteiger partial charge in [0.2, 0.25) is 10.0 Å². The topological polar surface area (TPSA) is 81.4 Å². The van der Waals surface area contributed by atoms with E-state index in [4.69, 9.17) is 22.1 Å². The fourth-order valence-corrected chi connectivity index (χ4v) is 3.44. The molecule has 0 radical (unpaired) electrons. The Morgan fingerprint density at radius 3 is 2.85 bits per heavy atom. The predicted molar refractivity (Wildman–Crippen MR) is 78.1 cm³/mol. The molecular weight excluding hydrogens is 300 g/mol. The van der Waals surface area contributed by atoms with E-state index >= 15 is 0 Å². The van der Waals surface area contributed by atoms with E-state index < -0.39 is 10.0 Å². The van der Waals surface area contributed by atoms with Crippen LogP contribution in [0, 0.1) is 0 Å². The minimum atomic E-state index is -3.55. The van der Waals surface area contributed by atoms with Crippen LogP contribution in [0.1, 0.15) is 24.8 Å². The van der Waals surface area contributed by atoms with E-state index in [-0.39, 0.29) is 17.5 Å². The second kappa shape index (κ2) is 6.87. The summed E-state index contributed by atoms with van der Waals surface area (Å²) in [6.45, 7) is 1.20. The lowest BCUT2D eigenvalue weighted by atomic mass is 10.1. The van der Waals surface area contributed by atoms with Gasteiger partial charge in [-0.2, -0.15) is 0 Å². The zero-order chi connectivity index (χ0) is 14.6. The summed E-state index contributed by atoms with van der Waals surface area (Å²) in [5, 5.41) is 0.474. The molecular formula is C13H19ClN2O3S. The van der Waals surface area contributed by atoms with Gasteiger partial charge in [-0.3, -0.25) is 0 Å². The van der Waals surface area contributed by atoms with Crippen LogP contribution in [0.15, 0.2) is 23.1 Å². The Labute approximate surface area is 124 Å². The second-order valence-electron chi connectivity index (χ2n) is 4.80. The van der Waals surface area contributed by atoms with Crippen LogP contribution < -0.4 is 10.5 Å². The normalized spacial score (nSPS) is 20.0. The molecule has 0 amide bonds. The van der Waals surface area contributed by atoms with Crippen molar-refractivity contribution in [1.29, 1.82) is 0 Å². The fourth-order valence-electron chi connectivity index (χ4n) is 2.13. The Hall–Kier alpha value is -0.660. The number of hydrogen-bond acceptors (Lipinski definition) is 4. The van der Waals surface area contributed by atoms with E-state index in [1.165, 1.54) is 12.1 Å². The van der Waals surface area contributed by atoms with Crippen molar-refractivity contribution in [2.75, 3.05) is 13.2 Å². The molecule has 1 saturated heterocycles. The summed E-state index contributed by atoms with van der Waals surface area (Å²) in [7, 11) is -3.55. The molecule has 3 N–H and O–H groups in total. The Morgan fingerprint density at radius 2 is 2.20 bits per heavy atom. The van der Waals surface area contributed by atoms with Gasteiger partial charge in [-0.1, -0.05) is 11.6 Å². The smallest absolute Gasteiger partial charge is 0.240 e. The van der Waals surface area contributed by atoms with Gasteiger partial charge in [-0.05, 0) is 43.0 Å².